The minimum absolute atomic E-state index is 0.0119. The number of hydrogen-bond donors (Lipinski definition) is 2. The third-order valence-corrected chi connectivity index (χ3v) is 4.34. The molecule has 0 spiro atoms. The van der Waals surface area contributed by atoms with Crippen LogP contribution >= 0.6 is 0 Å². The summed E-state index contributed by atoms with van der Waals surface area (Å²) in [5.41, 5.74) is -1.24. The van der Waals surface area contributed by atoms with Crippen molar-refractivity contribution < 1.29 is 18.3 Å². The molecule has 1 aliphatic carbocycles. The molecule has 0 saturated heterocycles. The van der Waals surface area contributed by atoms with Crippen LogP contribution in [0.5, 0.6) is 0 Å². The molecule has 0 atom stereocenters. The average molecular weight is 235 g/mol. The molecule has 0 unspecified atom stereocenters. The van der Waals surface area contributed by atoms with Gasteiger partial charge in [0.05, 0.1) is 5.75 Å². The third kappa shape index (κ3) is 2.92. The Labute approximate surface area is 89.9 Å². The monoisotopic (exact) mass is 235 g/mol. The Kier molecular flexibility index (Phi) is 3.72. The van der Waals surface area contributed by atoms with E-state index in [1.165, 1.54) is 0 Å². The van der Waals surface area contributed by atoms with Gasteiger partial charge in [-0.1, -0.05) is 19.8 Å². The molecule has 15 heavy (non-hydrogen) atoms. The molecule has 0 aliphatic heterocycles. The van der Waals surface area contributed by atoms with E-state index in [0.29, 0.717) is 19.3 Å². The van der Waals surface area contributed by atoms with Gasteiger partial charge >= 0.3 is 5.97 Å². The van der Waals surface area contributed by atoms with E-state index in [4.69, 9.17) is 5.11 Å². The number of carboxylic acids is 1. The van der Waals surface area contributed by atoms with E-state index in [1.807, 2.05) is 0 Å². The molecule has 88 valence electrons. The maximum atomic E-state index is 11.5. The van der Waals surface area contributed by atoms with Crippen molar-refractivity contribution in [3.05, 3.63) is 0 Å². The van der Waals surface area contributed by atoms with Crippen LogP contribution in [0.25, 0.3) is 0 Å². The van der Waals surface area contributed by atoms with Crippen molar-refractivity contribution in [3.8, 4) is 0 Å². The maximum absolute atomic E-state index is 11.5. The van der Waals surface area contributed by atoms with Crippen LogP contribution in [0.3, 0.4) is 0 Å². The van der Waals surface area contributed by atoms with E-state index in [2.05, 4.69) is 4.72 Å². The lowest BCUT2D eigenvalue weighted by atomic mass is 10.0. The highest BCUT2D eigenvalue weighted by atomic mass is 32.2. The van der Waals surface area contributed by atoms with Crippen LogP contribution in [0.4, 0.5) is 0 Å². The van der Waals surface area contributed by atoms with Crippen molar-refractivity contribution >= 4 is 16.0 Å². The van der Waals surface area contributed by atoms with E-state index < -0.39 is 21.5 Å². The molecule has 0 aromatic rings. The number of carboxylic acid groups (broad SMARTS) is 1. The fraction of sp³-hybridized carbons (Fsp3) is 0.889. The van der Waals surface area contributed by atoms with Gasteiger partial charge in [0.1, 0.15) is 5.54 Å². The van der Waals surface area contributed by atoms with Crippen LogP contribution in [-0.4, -0.2) is 30.8 Å². The molecule has 0 amide bonds. The summed E-state index contributed by atoms with van der Waals surface area (Å²) >= 11 is 0. The van der Waals surface area contributed by atoms with Crippen molar-refractivity contribution in [1.29, 1.82) is 0 Å². The quantitative estimate of drug-likeness (QED) is 0.735. The second kappa shape index (κ2) is 4.49. The van der Waals surface area contributed by atoms with E-state index in [9.17, 15) is 13.2 Å². The third-order valence-electron chi connectivity index (χ3n) is 2.69. The summed E-state index contributed by atoms with van der Waals surface area (Å²) in [6, 6.07) is 0. The highest BCUT2D eigenvalue weighted by molar-refractivity contribution is 7.89. The molecule has 0 radical (unpaired) electrons. The molecule has 1 saturated carbocycles. The van der Waals surface area contributed by atoms with Crippen LogP contribution in [0, 0.1) is 0 Å². The Morgan fingerprint density at radius 3 is 2.33 bits per heavy atom. The number of carbonyl (C=O) groups is 1. The molecular formula is C9H17NO4S. The van der Waals surface area contributed by atoms with Crippen molar-refractivity contribution in [2.75, 3.05) is 5.75 Å². The number of rotatable bonds is 5. The number of sulfonamides is 1. The topological polar surface area (TPSA) is 83.5 Å². The van der Waals surface area contributed by atoms with E-state index in [1.54, 1.807) is 6.92 Å². The van der Waals surface area contributed by atoms with Gasteiger partial charge in [-0.25, -0.2) is 8.42 Å². The lowest BCUT2D eigenvalue weighted by Gasteiger charge is -2.24. The van der Waals surface area contributed by atoms with Gasteiger partial charge in [-0.15, -0.1) is 0 Å². The SMILES string of the molecule is CCCS(=O)(=O)NC1(C(=O)O)CCCC1. The first-order chi connectivity index (χ1) is 6.92. The van der Waals surface area contributed by atoms with Crippen molar-refractivity contribution in [3.63, 3.8) is 0 Å². The van der Waals surface area contributed by atoms with E-state index in [-0.39, 0.29) is 5.75 Å². The highest BCUT2D eigenvalue weighted by Gasteiger charge is 2.44. The summed E-state index contributed by atoms with van der Waals surface area (Å²) in [5.74, 6) is -1.07. The van der Waals surface area contributed by atoms with Gasteiger partial charge in [0.25, 0.3) is 0 Å². The Bertz CT molecular complexity index is 330. The Balaban J connectivity index is 2.80. The molecule has 0 aromatic carbocycles. The molecule has 1 fully saturated rings. The number of nitrogens with one attached hydrogen (secondary N) is 1. The second-order valence-corrected chi connectivity index (χ2v) is 5.86. The average Bonchev–Trinajstić information content (AvgIpc) is 2.52. The Morgan fingerprint density at radius 2 is 1.93 bits per heavy atom. The second-order valence-electron chi connectivity index (χ2n) is 4.02. The summed E-state index contributed by atoms with van der Waals surface area (Å²) in [4.78, 5) is 11.1. The first-order valence-corrected chi connectivity index (χ1v) is 6.82. The van der Waals surface area contributed by atoms with Crippen LogP contribution < -0.4 is 4.72 Å². The summed E-state index contributed by atoms with van der Waals surface area (Å²) in [5, 5.41) is 9.07. The standard InChI is InChI=1S/C9H17NO4S/c1-2-7-15(13,14)10-9(8(11)12)5-3-4-6-9/h10H,2-7H2,1H3,(H,11,12). The van der Waals surface area contributed by atoms with Crippen LogP contribution in [0.15, 0.2) is 0 Å². The zero-order valence-corrected chi connectivity index (χ0v) is 9.64. The van der Waals surface area contributed by atoms with E-state index in [0.717, 1.165) is 12.8 Å². The van der Waals surface area contributed by atoms with Crippen LogP contribution in [0.2, 0.25) is 0 Å². The Morgan fingerprint density at radius 1 is 1.40 bits per heavy atom. The van der Waals surface area contributed by atoms with Crippen LogP contribution in [0.1, 0.15) is 39.0 Å². The molecule has 6 heteroatoms. The van der Waals surface area contributed by atoms with Gasteiger partial charge in [0.15, 0.2) is 0 Å². The molecular weight excluding hydrogens is 218 g/mol. The number of aliphatic carboxylic acids is 1. The largest absolute Gasteiger partial charge is 0.480 e. The normalized spacial score (nSPS) is 20.3. The van der Waals surface area contributed by atoms with Crippen LogP contribution in [-0.2, 0) is 14.8 Å². The minimum atomic E-state index is -3.45. The van der Waals surface area contributed by atoms with Gasteiger partial charge < -0.3 is 5.11 Å². The van der Waals surface area contributed by atoms with Gasteiger partial charge in [0.2, 0.25) is 10.0 Å². The summed E-state index contributed by atoms with van der Waals surface area (Å²) in [6.45, 7) is 1.75. The lowest BCUT2D eigenvalue weighted by Crippen LogP contribution is -2.52. The zero-order valence-electron chi connectivity index (χ0n) is 8.82. The smallest absolute Gasteiger partial charge is 0.324 e. The van der Waals surface area contributed by atoms with E-state index >= 15 is 0 Å². The zero-order chi connectivity index (χ0) is 11.5. The highest BCUT2D eigenvalue weighted by Crippen LogP contribution is 2.30. The molecule has 0 bridgehead atoms. The fourth-order valence-electron chi connectivity index (χ4n) is 1.96. The summed E-state index contributed by atoms with van der Waals surface area (Å²) in [7, 11) is -3.45. The predicted octanol–water partition coefficient (Wildman–Crippen LogP) is 0.713. The molecule has 2 N–H and O–H groups in total. The molecule has 1 rings (SSSR count). The molecule has 1 aliphatic rings. The van der Waals surface area contributed by atoms with Gasteiger partial charge in [-0.05, 0) is 19.3 Å². The first kappa shape index (κ1) is 12.4. The van der Waals surface area contributed by atoms with Crippen molar-refractivity contribution in [1.82, 2.24) is 4.72 Å². The molecule has 5 nitrogen and oxygen atoms in total. The van der Waals surface area contributed by atoms with Crippen molar-refractivity contribution in [2.24, 2.45) is 0 Å². The maximum Gasteiger partial charge on any atom is 0.324 e. The Hall–Kier alpha value is -0.620. The number of hydrogen-bond acceptors (Lipinski definition) is 3. The fourth-order valence-corrected chi connectivity index (χ4v) is 3.48. The molecule has 0 heterocycles. The van der Waals surface area contributed by atoms with Gasteiger partial charge in [-0.2, -0.15) is 4.72 Å². The lowest BCUT2D eigenvalue weighted by molar-refractivity contribution is -0.143. The first-order valence-electron chi connectivity index (χ1n) is 5.17. The summed E-state index contributed by atoms with van der Waals surface area (Å²) in [6.07, 6.45) is 2.81. The minimum Gasteiger partial charge on any atom is -0.480 e. The molecule has 0 aromatic heterocycles. The van der Waals surface area contributed by atoms with Gasteiger partial charge in [-0.3, -0.25) is 4.79 Å². The van der Waals surface area contributed by atoms with Crippen molar-refractivity contribution in [2.45, 2.75) is 44.6 Å². The summed E-state index contributed by atoms with van der Waals surface area (Å²) < 4.78 is 25.4. The predicted molar refractivity (Wildman–Crippen MR) is 56.0 cm³/mol. The van der Waals surface area contributed by atoms with Gasteiger partial charge in [0, 0.05) is 0 Å².